The number of aromatic nitrogens is 2. The molecule has 2 heterocycles. The molecule has 19 heavy (non-hydrogen) atoms. The highest BCUT2D eigenvalue weighted by Crippen LogP contribution is 2.25. The van der Waals surface area contributed by atoms with Crippen LogP contribution in [0.1, 0.15) is 10.5 Å². The van der Waals surface area contributed by atoms with Crippen molar-refractivity contribution in [3.8, 4) is 0 Å². The molecular weight excluding hydrogens is 262 g/mol. The van der Waals surface area contributed by atoms with Gasteiger partial charge in [0.15, 0.2) is 5.69 Å². The Morgan fingerprint density at radius 1 is 1.26 bits per heavy atom. The standard InChI is InChI=1S/C13H9N3O2S/c17-13(18)10-6-14-7-12(16-10)15-9-1-2-11-8(5-9)3-4-19-11/h1-7H,(H,15,16)(H,17,18). The summed E-state index contributed by atoms with van der Waals surface area (Å²) in [7, 11) is 0. The number of carboxylic acid groups (broad SMARTS) is 1. The number of benzene rings is 1. The second-order valence-corrected chi connectivity index (χ2v) is 4.84. The van der Waals surface area contributed by atoms with Gasteiger partial charge in [-0.2, -0.15) is 0 Å². The van der Waals surface area contributed by atoms with Gasteiger partial charge in [0.05, 0.1) is 12.4 Å². The van der Waals surface area contributed by atoms with E-state index in [2.05, 4.69) is 15.3 Å². The highest BCUT2D eigenvalue weighted by molar-refractivity contribution is 7.17. The summed E-state index contributed by atoms with van der Waals surface area (Å²) in [6.07, 6.45) is 2.71. The molecule has 2 aromatic heterocycles. The van der Waals surface area contributed by atoms with Crippen LogP contribution < -0.4 is 5.32 Å². The second-order valence-electron chi connectivity index (χ2n) is 3.89. The molecule has 0 aliphatic carbocycles. The van der Waals surface area contributed by atoms with Gasteiger partial charge in [0.1, 0.15) is 5.82 Å². The third-order valence-electron chi connectivity index (χ3n) is 2.58. The van der Waals surface area contributed by atoms with Crippen LogP contribution in [-0.4, -0.2) is 21.0 Å². The van der Waals surface area contributed by atoms with Crippen molar-refractivity contribution in [1.29, 1.82) is 0 Å². The first kappa shape index (κ1) is 11.6. The van der Waals surface area contributed by atoms with E-state index in [1.165, 1.54) is 17.1 Å². The molecule has 0 saturated carbocycles. The summed E-state index contributed by atoms with van der Waals surface area (Å²) in [5.74, 6) is -0.682. The SMILES string of the molecule is O=C(O)c1cncc(Nc2ccc3sccc3c2)n1. The first-order valence-electron chi connectivity index (χ1n) is 5.52. The normalized spacial score (nSPS) is 10.5. The van der Waals surface area contributed by atoms with Crippen LogP contribution in [0.5, 0.6) is 0 Å². The Kier molecular flexibility index (Phi) is 2.85. The first-order chi connectivity index (χ1) is 9.22. The van der Waals surface area contributed by atoms with Crippen LogP contribution in [0.25, 0.3) is 10.1 Å². The average molecular weight is 271 g/mol. The van der Waals surface area contributed by atoms with Gasteiger partial charge in [-0.15, -0.1) is 11.3 Å². The van der Waals surface area contributed by atoms with Gasteiger partial charge in [0.2, 0.25) is 0 Å². The zero-order chi connectivity index (χ0) is 13.2. The molecule has 6 heteroatoms. The Morgan fingerprint density at radius 3 is 3.00 bits per heavy atom. The molecule has 1 aromatic carbocycles. The molecular formula is C13H9N3O2S. The molecule has 2 N–H and O–H groups in total. The number of hydrogen-bond donors (Lipinski definition) is 2. The Morgan fingerprint density at radius 2 is 2.16 bits per heavy atom. The number of aromatic carboxylic acids is 1. The van der Waals surface area contributed by atoms with E-state index in [9.17, 15) is 4.79 Å². The zero-order valence-corrected chi connectivity index (χ0v) is 10.5. The first-order valence-corrected chi connectivity index (χ1v) is 6.40. The molecule has 0 aliphatic heterocycles. The summed E-state index contributed by atoms with van der Waals surface area (Å²) >= 11 is 1.68. The van der Waals surface area contributed by atoms with E-state index < -0.39 is 5.97 Å². The maximum atomic E-state index is 10.8. The minimum absolute atomic E-state index is 0.0818. The number of fused-ring (bicyclic) bond motifs is 1. The Balaban J connectivity index is 1.91. The number of anilines is 2. The summed E-state index contributed by atoms with van der Waals surface area (Å²) in [6, 6.07) is 7.95. The number of hydrogen-bond acceptors (Lipinski definition) is 5. The summed E-state index contributed by atoms with van der Waals surface area (Å²) < 4.78 is 1.20. The van der Waals surface area contributed by atoms with Gasteiger partial charge in [0.25, 0.3) is 0 Å². The molecule has 0 radical (unpaired) electrons. The quantitative estimate of drug-likeness (QED) is 0.765. The molecule has 5 nitrogen and oxygen atoms in total. The monoisotopic (exact) mass is 271 g/mol. The minimum Gasteiger partial charge on any atom is -0.476 e. The predicted octanol–water partition coefficient (Wildman–Crippen LogP) is 3.13. The lowest BCUT2D eigenvalue weighted by Gasteiger charge is -2.05. The molecule has 0 aliphatic rings. The smallest absolute Gasteiger partial charge is 0.356 e. The van der Waals surface area contributed by atoms with Crippen LogP contribution in [0, 0.1) is 0 Å². The number of rotatable bonds is 3. The third kappa shape index (κ3) is 2.38. The molecule has 0 fully saturated rings. The fourth-order valence-corrected chi connectivity index (χ4v) is 2.49. The number of carboxylic acids is 1. The fraction of sp³-hybridized carbons (Fsp3) is 0. The Labute approximate surface area is 112 Å². The van der Waals surface area contributed by atoms with E-state index in [0.29, 0.717) is 5.82 Å². The third-order valence-corrected chi connectivity index (χ3v) is 3.48. The van der Waals surface area contributed by atoms with Crippen molar-refractivity contribution in [1.82, 2.24) is 9.97 Å². The highest BCUT2D eigenvalue weighted by atomic mass is 32.1. The molecule has 0 atom stereocenters. The van der Waals surface area contributed by atoms with E-state index in [-0.39, 0.29) is 5.69 Å². The van der Waals surface area contributed by atoms with Gasteiger partial charge in [-0.05, 0) is 35.0 Å². The van der Waals surface area contributed by atoms with Crippen molar-refractivity contribution in [2.24, 2.45) is 0 Å². The zero-order valence-electron chi connectivity index (χ0n) is 9.70. The molecule has 0 bridgehead atoms. The van der Waals surface area contributed by atoms with Gasteiger partial charge >= 0.3 is 5.97 Å². The summed E-state index contributed by atoms with van der Waals surface area (Å²) in [4.78, 5) is 18.6. The lowest BCUT2D eigenvalue weighted by molar-refractivity contribution is 0.0690. The van der Waals surface area contributed by atoms with Gasteiger partial charge in [-0.3, -0.25) is 4.98 Å². The maximum absolute atomic E-state index is 10.8. The number of carbonyl (C=O) groups is 1. The molecule has 0 spiro atoms. The van der Waals surface area contributed by atoms with Gasteiger partial charge < -0.3 is 10.4 Å². The predicted molar refractivity (Wildman–Crippen MR) is 74.1 cm³/mol. The Hall–Kier alpha value is -2.47. The Bertz CT molecular complexity index is 754. The summed E-state index contributed by atoms with van der Waals surface area (Å²) in [6.45, 7) is 0. The number of thiophene rings is 1. The van der Waals surface area contributed by atoms with Crippen molar-refractivity contribution in [2.75, 3.05) is 5.32 Å². The van der Waals surface area contributed by atoms with E-state index in [4.69, 9.17) is 5.11 Å². The number of nitrogens with zero attached hydrogens (tertiary/aromatic N) is 2. The van der Waals surface area contributed by atoms with E-state index >= 15 is 0 Å². The molecule has 3 rings (SSSR count). The van der Waals surface area contributed by atoms with Gasteiger partial charge in [-0.25, -0.2) is 9.78 Å². The van der Waals surface area contributed by atoms with Crippen LogP contribution in [0.3, 0.4) is 0 Å². The van der Waals surface area contributed by atoms with Crippen LogP contribution in [0.4, 0.5) is 11.5 Å². The van der Waals surface area contributed by atoms with Crippen molar-refractivity contribution in [2.45, 2.75) is 0 Å². The molecule has 0 unspecified atom stereocenters. The second kappa shape index (κ2) is 4.66. The minimum atomic E-state index is -1.09. The van der Waals surface area contributed by atoms with Crippen LogP contribution in [0.15, 0.2) is 42.0 Å². The molecule has 94 valence electrons. The average Bonchev–Trinajstić information content (AvgIpc) is 2.86. The summed E-state index contributed by atoms with van der Waals surface area (Å²) in [5.41, 5.74) is 0.768. The van der Waals surface area contributed by atoms with Crippen molar-refractivity contribution in [3.63, 3.8) is 0 Å². The number of nitrogens with one attached hydrogen (secondary N) is 1. The fourth-order valence-electron chi connectivity index (χ4n) is 1.72. The molecule has 0 amide bonds. The van der Waals surface area contributed by atoms with E-state index in [1.807, 2.05) is 29.6 Å². The van der Waals surface area contributed by atoms with Crippen LogP contribution in [-0.2, 0) is 0 Å². The van der Waals surface area contributed by atoms with Gasteiger partial charge in [0, 0.05) is 10.4 Å². The van der Waals surface area contributed by atoms with Gasteiger partial charge in [-0.1, -0.05) is 0 Å². The maximum Gasteiger partial charge on any atom is 0.356 e. The van der Waals surface area contributed by atoms with Crippen LogP contribution in [0.2, 0.25) is 0 Å². The van der Waals surface area contributed by atoms with Crippen molar-refractivity contribution < 1.29 is 9.90 Å². The molecule has 3 aromatic rings. The lowest BCUT2D eigenvalue weighted by Crippen LogP contribution is -2.03. The van der Waals surface area contributed by atoms with Crippen molar-refractivity contribution >= 4 is 38.9 Å². The topological polar surface area (TPSA) is 75.1 Å². The highest BCUT2D eigenvalue weighted by Gasteiger charge is 2.06. The summed E-state index contributed by atoms with van der Waals surface area (Å²) in [5, 5.41) is 15.1. The van der Waals surface area contributed by atoms with E-state index in [0.717, 1.165) is 11.1 Å². The largest absolute Gasteiger partial charge is 0.476 e. The van der Waals surface area contributed by atoms with Crippen LogP contribution >= 0.6 is 11.3 Å². The van der Waals surface area contributed by atoms with E-state index in [1.54, 1.807) is 11.3 Å². The van der Waals surface area contributed by atoms with Crippen molar-refractivity contribution in [3.05, 3.63) is 47.7 Å². The lowest BCUT2D eigenvalue weighted by atomic mass is 10.2. The molecule has 0 saturated heterocycles.